The molecule has 0 spiro atoms. The highest BCUT2D eigenvalue weighted by Crippen LogP contribution is 2.36. The van der Waals surface area contributed by atoms with Crippen molar-refractivity contribution in [1.82, 2.24) is 19.4 Å². The Bertz CT molecular complexity index is 1520. The Kier molecular flexibility index (Phi) is 5.46. The number of imidazole rings is 1. The van der Waals surface area contributed by atoms with E-state index in [2.05, 4.69) is 53.9 Å². The molecule has 3 N–H and O–H groups in total. The minimum atomic E-state index is 0.275. The molecule has 1 aliphatic carbocycles. The molecule has 0 bridgehead atoms. The lowest BCUT2D eigenvalue weighted by Gasteiger charge is -2.26. The molecule has 0 radical (unpaired) electrons. The van der Waals surface area contributed by atoms with Gasteiger partial charge >= 0.3 is 0 Å². The van der Waals surface area contributed by atoms with E-state index in [0.29, 0.717) is 17.7 Å². The van der Waals surface area contributed by atoms with Crippen molar-refractivity contribution in [2.24, 2.45) is 5.92 Å². The quantitative estimate of drug-likeness (QED) is 0.353. The highest BCUT2D eigenvalue weighted by molar-refractivity contribution is 5.88. The molecule has 35 heavy (non-hydrogen) atoms. The fraction of sp³-hybridized carbons (Fsp3) is 0.276. The number of hydrogen-bond donors (Lipinski definition) is 2. The van der Waals surface area contributed by atoms with Crippen molar-refractivity contribution in [3.63, 3.8) is 0 Å². The first-order valence-corrected chi connectivity index (χ1v) is 12.3. The Morgan fingerprint density at radius 3 is 2.51 bits per heavy atom. The van der Waals surface area contributed by atoms with Crippen LogP contribution in [0.1, 0.15) is 43.0 Å². The van der Waals surface area contributed by atoms with Crippen molar-refractivity contribution in [1.29, 1.82) is 0 Å². The van der Waals surface area contributed by atoms with Crippen LogP contribution in [0, 0.1) is 12.8 Å². The third kappa shape index (κ3) is 3.94. The summed E-state index contributed by atoms with van der Waals surface area (Å²) in [4.78, 5) is 14.4. The molecule has 1 aliphatic rings. The number of nitrogens with two attached hydrogens (primary N) is 1. The lowest BCUT2D eigenvalue weighted by atomic mass is 9.82. The zero-order valence-corrected chi connectivity index (χ0v) is 19.9. The Morgan fingerprint density at radius 1 is 0.943 bits per heavy atom. The first kappa shape index (κ1) is 21.7. The van der Waals surface area contributed by atoms with Crippen LogP contribution in [0.5, 0.6) is 0 Å². The second-order valence-corrected chi connectivity index (χ2v) is 9.71. The average molecular weight is 464 g/mol. The summed E-state index contributed by atoms with van der Waals surface area (Å²) in [5.74, 6) is 2.29. The van der Waals surface area contributed by atoms with Crippen LogP contribution in [0.4, 0.5) is 5.82 Å². The van der Waals surface area contributed by atoms with Gasteiger partial charge in [0.15, 0.2) is 0 Å². The van der Waals surface area contributed by atoms with Crippen molar-refractivity contribution in [3.05, 3.63) is 78.4 Å². The maximum atomic E-state index is 9.50. The molecule has 0 saturated heterocycles. The van der Waals surface area contributed by atoms with E-state index < -0.39 is 0 Å². The molecular formula is C29H29N5O. The molecule has 0 amide bonds. The highest BCUT2D eigenvalue weighted by atomic mass is 16.3. The molecule has 0 atom stereocenters. The van der Waals surface area contributed by atoms with Gasteiger partial charge in [-0.15, -0.1) is 0 Å². The van der Waals surface area contributed by atoms with E-state index in [1.807, 2.05) is 24.4 Å². The van der Waals surface area contributed by atoms with Crippen LogP contribution in [0.3, 0.4) is 0 Å². The second kappa shape index (κ2) is 8.78. The average Bonchev–Trinajstić information content (AvgIpc) is 3.33. The number of aliphatic hydroxyl groups excluding tert-OH is 1. The molecule has 6 rings (SSSR count). The fourth-order valence-corrected chi connectivity index (χ4v) is 5.40. The van der Waals surface area contributed by atoms with Gasteiger partial charge in [0.05, 0.1) is 23.1 Å². The second-order valence-electron chi connectivity index (χ2n) is 9.71. The smallest absolute Gasteiger partial charge is 0.150 e. The van der Waals surface area contributed by atoms with Crippen molar-refractivity contribution in [2.45, 2.75) is 38.5 Å². The molecule has 1 fully saturated rings. The fourth-order valence-electron chi connectivity index (χ4n) is 5.40. The number of rotatable bonds is 4. The van der Waals surface area contributed by atoms with Crippen LogP contribution < -0.4 is 5.73 Å². The van der Waals surface area contributed by atoms with Crippen LogP contribution in [-0.4, -0.2) is 31.1 Å². The Morgan fingerprint density at radius 2 is 1.74 bits per heavy atom. The summed E-state index contributed by atoms with van der Waals surface area (Å²) in [7, 11) is 0. The number of aliphatic hydroxyl groups is 1. The maximum absolute atomic E-state index is 9.50. The largest absolute Gasteiger partial charge is 0.396 e. The van der Waals surface area contributed by atoms with Gasteiger partial charge in [0.1, 0.15) is 17.2 Å². The summed E-state index contributed by atoms with van der Waals surface area (Å²) in [6, 6.07) is 18.7. The summed E-state index contributed by atoms with van der Waals surface area (Å²) in [5, 5.41) is 10.6. The van der Waals surface area contributed by atoms with E-state index in [1.54, 1.807) is 0 Å². The summed E-state index contributed by atoms with van der Waals surface area (Å²) in [5.41, 5.74) is 13.2. The number of fused-ring (bicyclic) bond motifs is 2. The number of pyridine rings is 1. The first-order valence-electron chi connectivity index (χ1n) is 12.3. The number of nitrogen functional groups attached to an aromatic ring is 1. The molecule has 1 saturated carbocycles. The van der Waals surface area contributed by atoms with Crippen LogP contribution in [0.2, 0.25) is 0 Å². The topological polar surface area (TPSA) is 89.3 Å². The van der Waals surface area contributed by atoms with Crippen molar-refractivity contribution < 1.29 is 5.11 Å². The number of nitrogens with zero attached hydrogens (tertiary/aromatic N) is 4. The lowest BCUT2D eigenvalue weighted by Crippen LogP contribution is -2.17. The van der Waals surface area contributed by atoms with Crippen molar-refractivity contribution >= 4 is 22.2 Å². The number of anilines is 1. The zero-order chi connectivity index (χ0) is 23.9. The van der Waals surface area contributed by atoms with Crippen LogP contribution >= 0.6 is 0 Å². The minimum absolute atomic E-state index is 0.275. The van der Waals surface area contributed by atoms with Gasteiger partial charge in [-0.25, -0.2) is 15.0 Å². The van der Waals surface area contributed by atoms with E-state index in [-0.39, 0.29) is 6.61 Å². The number of aromatic nitrogens is 4. The van der Waals surface area contributed by atoms with E-state index in [9.17, 15) is 5.11 Å². The van der Waals surface area contributed by atoms with Gasteiger partial charge in [-0.1, -0.05) is 42.5 Å². The SMILES string of the molecule is Cc1cc(-c2ccccc2)nc2cc(-c3cn4c(C5CCC(CO)CC5)ncc4c(N)n3)ccc12. The van der Waals surface area contributed by atoms with E-state index in [4.69, 9.17) is 20.7 Å². The molecule has 3 heterocycles. The van der Waals surface area contributed by atoms with Crippen molar-refractivity contribution in [3.8, 4) is 22.5 Å². The minimum Gasteiger partial charge on any atom is -0.396 e. The molecular weight excluding hydrogens is 434 g/mol. The van der Waals surface area contributed by atoms with Gasteiger partial charge in [0.25, 0.3) is 0 Å². The Labute approximate surface area is 204 Å². The first-order chi connectivity index (χ1) is 17.1. The van der Waals surface area contributed by atoms with Gasteiger partial charge in [0, 0.05) is 35.2 Å². The third-order valence-electron chi connectivity index (χ3n) is 7.43. The predicted octanol–water partition coefficient (Wildman–Crippen LogP) is 5.77. The molecule has 0 aliphatic heterocycles. The summed E-state index contributed by atoms with van der Waals surface area (Å²) in [6.07, 6.45) is 8.01. The molecule has 176 valence electrons. The summed E-state index contributed by atoms with van der Waals surface area (Å²) >= 11 is 0. The molecule has 3 aromatic heterocycles. The summed E-state index contributed by atoms with van der Waals surface area (Å²) < 4.78 is 2.12. The number of aryl methyl sites for hydroxylation is 1. The van der Waals surface area contributed by atoms with Gasteiger partial charge in [-0.05, 0) is 56.2 Å². The molecule has 5 aromatic rings. The Hall–Kier alpha value is -3.77. The van der Waals surface area contributed by atoms with Gasteiger partial charge in [0.2, 0.25) is 0 Å². The Balaban J connectivity index is 1.42. The molecule has 2 aromatic carbocycles. The van der Waals surface area contributed by atoms with Crippen LogP contribution in [0.25, 0.3) is 38.9 Å². The van der Waals surface area contributed by atoms with Crippen molar-refractivity contribution in [2.75, 3.05) is 12.3 Å². The van der Waals surface area contributed by atoms with Gasteiger partial charge in [-0.2, -0.15) is 0 Å². The number of benzene rings is 2. The molecule has 6 heteroatoms. The number of hydrogen-bond acceptors (Lipinski definition) is 5. The van der Waals surface area contributed by atoms with Crippen LogP contribution in [-0.2, 0) is 0 Å². The highest BCUT2D eigenvalue weighted by Gasteiger charge is 2.25. The molecule has 0 unspecified atom stereocenters. The monoisotopic (exact) mass is 463 g/mol. The van der Waals surface area contributed by atoms with E-state index in [0.717, 1.165) is 70.4 Å². The zero-order valence-electron chi connectivity index (χ0n) is 19.9. The van der Waals surface area contributed by atoms with E-state index in [1.165, 1.54) is 5.56 Å². The van der Waals surface area contributed by atoms with Crippen LogP contribution in [0.15, 0.2) is 67.0 Å². The maximum Gasteiger partial charge on any atom is 0.150 e. The predicted molar refractivity (Wildman–Crippen MR) is 140 cm³/mol. The molecule has 6 nitrogen and oxygen atoms in total. The summed E-state index contributed by atoms with van der Waals surface area (Å²) in [6.45, 7) is 2.40. The third-order valence-corrected chi connectivity index (χ3v) is 7.43. The van der Waals surface area contributed by atoms with Gasteiger partial charge < -0.3 is 10.8 Å². The van der Waals surface area contributed by atoms with E-state index >= 15 is 0 Å². The standard InChI is InChI=1S/C29H29N5O/c1-18-13-24(20-5-3-2-4-6-20)32-25-14-22(11-12-23(18)25)26-16-34-27(28(30)33-26)15-31-29(34)21-9-7-19(17-35)8-10-21/h2-6,11-16,19,21,35H,7-10,17H2,1H3,(H2,30,33). The lowest BCUT2D eigenvalue weighted by molar-refractivity contribution is 0.181. The van der Waals surface area contributed by atoms with Gasteiger partial charge in [-0.3, -0.25) is 4.40 Å². The normalized spacial score (nSPS) is 18.3.